The zero-order chi connectivity index (χ0) is 17.8. The lowest BCUT2D eigenvalue weighted by atomic mass is 9.83. The third kappa shape index (κ3) is 3.39. The Morgan fingerprint density at radius 2 is 1.96 bits per heavy atom. The summed E-state index contributed by atoms with van der Waals surface area (Å²) < 4.78 is 0. The van der Waals surface area contributed by atoms with Crippen LogP contribution in [0.4, 0.5) is 0 Å². The second-order valence-electron chi connectivity index (χ2n) is 7.17. The molecule has 1 unspecified atom stereocenters. The van der Waals surface area contributed by atoms with Crippen molar-refractivity contribution in [3.05, 3.63) is 60.2 Å². The van der Waals surface area contributed by atoms with E-state index >= 15 is 0 Å². The van der Waals surface area contributed by atoms with E-state index in [0.717, 1.165) is 56.6 Å². The van der Waals surface area contributed by atoms with Crippen molar-refractivity contribution in [1.29, 1.82) is 0 Å². The van der Waals surface area contributed by atoms with Gasteiger partial charge in [-0.2, -0.15) is 0 Å². The largest absolute Gasteiger partial charge is 0.301 e. The van der Waals surface area contributed by atoms with Crippen LogP contribution in [0.5, 0.6) is 0 Å². The molecule has 0 N–H and O–H groups in total. The van der Waals surface area contributed by atoms with Gasteiger partial charge in [-0.15, -0.1) is 0 Å². The van der Waals surface area contributed by atoms with Crippen LogP contribution in [-0.4, -0.2) is 33.2 Å². The number of nitrogens with zero attached hydrogens (tertiary/aromatic N) is 4. The van der Waals surface area contributed by atoms with Gasteiger partial charge in [0, 0.05) is 19.2 Å². The first-order valence-corrected chi connectivity index (χ1v) is 9.46. The van der Waals surface area contributed by atoms with Crippen LogP contribution in [-0.2, 0) is 16.8 Å². The van der Waals surface area contributed by atoms with Gasteiger partial charge in [-0.05, 0) is 37.3 Å². The molecule has 0 aliphatic carbocycles. The summed E-state index contributed by atoms with van der Waals surface area (Å²) >= 11 is 0. The molecule has 2 aromatic rings. The Morgan fingerprint density at radius 3 is 2.77 bits per heavy atom. The fraction of sp³-hybridized carbons (Fsp3) is 0.429. The van der Waals surface area contributed by atoms with E-state index in [1.165, 1.54) is 5.56 Å². The molecule has 0 saturated carbocycles. The summed E-state index contributed by atoms with van der Waals surface area (Å²) in [7, 11) is 0. The average Bonchev–Trinajstić information content (AvgIpc) is 2.94. The predicted molar refractivity (Wildman–Crippen MR) is 101 cm³/mol. The minimum atomic E-state index is -0.577. The Labute approximate surface area is 154 Å². The van der Waals surface area contributed by atoms with Crippen LogP contribution in [0.2, 0.25) is 0 Å². The Morgan fingerprint density at radius 1 is 1.08 bits per heavy atom. The molecule has 1 saturated heterocycles. The van der Waals surface area contributed by atoms with Crippen molar-refractivity contribution in [2.24, 2.45) is 4.99 Å². The van der Waals surface area contributed by atoms with Gasteiger partial charge >= 0.3 is 0 Å². The highest BCUT2D eigenvalue weighted by Crippen LogP contribution is 2.38. The zero-order valence-electron chi connectivity index (χ0n) is 15.0. The van der Waals surface area contributed by atoms with Gasteiger partial charge in [-0.25, -0.2) is 9.97 Å². The summed E-state index contributed by atoms with van der Waals surface area (Å²) in [5.74, 6) is 1.13. The first kappa shape index (κ1) is 16.9. The van der Waals surface area contributed by atoms with Crippen LogP contribution in [0.3, 0.4) is 0 Å². The predicted octanol–water partition coefficient (Wildman–Crippen LogP) is 3.51. The van der Waals surface area contributed by atoms with Crippen LogP contribution < -0.4 is 0 Å². The molecule has 5 heteroatoms. The molecular weight excluding hydrogens is 324 g/mol. The molecular formula is C21H24N4O. The molecule has 1 fully saturated rings. The Hall–Kier alpha value is -2.56. The number of amides is 1. The zero-order valence-corrected chi connectivity index (χ0v) is 15.0. The van der Waals surface area contributed by atoms with E-state index in [2.05, 4.69) is 34.2 Å². The number of amidine groups is 1. The van der Waals surface area contributed by atoms with Crippen LogP contribution in [0.25, 0.3) is 0 Å². The minimum Gasteiger partial charge on any atom is -0.301 e. The first-order chi connectivity index (χ1) is 12.8. The third-order valence-corrected chi connectivity index (χ3v) is 5.41. The summed E-state index contributed by atoms with van der Waals surface area (Å²) in [5, 5.41) is 0. The lowest BCUT2D eigenvalue weighted by molar-refractivity contribution is -0.129. The van der Waals surface area contributed by atoms with Crippen LogP contribution >= 0.6 is 0 Å². The van der Waals surface area contributed by atoms with Crippen molar-refractivity contribution in [2.75, 3.05) is 6.54 Å². The smallest absolute Gasteiger partial charge is 0.230 e. The van der Waals surface area contributed by atoms with E-state index in [0.29, 0.717) is 6.42 Å². The van der Waals surface area contributed by atoms with Crippen molar-refractivity contribution in [3.63, 3.8) is 0 Å². The molecule has 1 amide bonds. The average molecular weight is 348 g/mol. The fourth-order valence-corrected chi connectivity index (χ4v) is 3.99. The van der Waals surface area contributed by atoms with E-state index < -0.39 is 5.54 Å². The number of fused-ring (bicyclic) bond motifs is 1. The van der Waals surface area contributed by atoms with E-state index in [-0.39, 0.29) is 5.91 Å². The summed E-state index contributed by atoms with van der Waals surface area (Å²) in [5.41, 5.74) is 1.54. The molecule has 1 aromatic heterocycles. The molecule has 2 aliphatic heterocycles. The van der Waals surface area contributed by atoms with Gasteiger partial charge in [0.15, 0.2) is 0 Å². The second-order valence-corrected chi connectivity index (χ2v) is 7.17. The number of aliphatic imine (C=N–C) groups is 1. The number of benzene rings is 1. The van der Waals surface area contributed by atoms with Crippen LogP contribution in [0, 0.1) is 0 Å². The molecule has 1 atom stereocenters. The standard InChI is InChI=1S/C21H24N4O/c26-20-15-21(18-11-13-22-16-23-18,12-10-17-7-3-1-4-8-17)24-19-9-5-2-6-14-25(19)20/h1,3-4,7-8,11,13,16H,2,5-6,9-10,12,14-15H2. The topological polar surface area (TPSA) is 58.5 Å². The highest BCUT2D eigenvalue weighted by Gasteiger charge is 2.42. The highest BCUT2D eigenvalue weighted by molar-refractivity contribution is 6.01. The van der Waals surface area contributed by atoms with Crippen molar-refractivity contribution >= 4 is 11.7 Å². The Bertz CT molecular complexity index is 790. The molecule has 3 heterocycles. The number of aryl methyl sites for hydroxylation is 1. The molecule has 5 nitrogen and oxygen atoms in total. The SMILES string of the molecule is O=C1CC(CCc2ccccc2)(c2ccncn2)N=C2CCCCCN12. The molecule has 1 aromatic carbocycles. The van der Waals surface area contributed by atoms with Gasteiger partial charge in [0.1, 0.15) is 17.7 Å². The van der Waals surface area contributed by atoms with E-state index in [9.17, 15) is 4.79 Å². The monoisotopic (exact) mass is 348 g/mol. The van der Waals surface area contributed by atoms with Gasteiger partial charge in [0.2, 0.25) is 5.91 Å². The molecule has 0 radical (unpaired) electrons. The number of rotatable bonds is 4. The molecule has 26 heavy (non-hydrogen) atoms. The van der Waals surface area contributed by atoms with E-state index in [4.69, 9.17) is 4.99 Å². The van der Waals surface area contributed by atoms with Gasteiger partial charge in [-0.3, -0.25) is 9.79 Å². The normalized spacial score (nSPS) is 23.2. The van der Waals surface area contributed by atoms with Gasteiger partial charge in [-0.1, -0.05) is 36.8 Å². The molecule has 134 valence electrons. The van der Waals surface area contributed by atoms with Crippen molar-refractivity contribution in [3.8, 4) is 0 Å². The van der Waals surface area contributed by atoms with Crippen LogP contribution in [0.1, 0.15) is 49.8 Å². The summed E-state index contributed by atoms with van der Waals surface area (Å²) in [6, 6.07) is 12.3. The van der Waals surface area contributed by atoms with Crippen LogP contribution in [0.15, 0.2) is 53.9 Å². The second kappa shape index (κ2) is 7.36. The summed E-state index contributed by atoms with van der Waals surface area (Å²) in [4.78, 5) is 28.6. The van der Waals surface area contributed by atoms with Crippen molar-refractivity contribution in [2.45, 2.75) is 50.5 Å². The maximum atomic E-state index is 13.0. The highest BCUT2D eigenvalue weighted by atomic mass is 16.2. The number of carbonyl (C=O) groups is 1. The maximum Gasteiger partial charge on any atom is 0.230 e. The van der Waals surface area contributed by atoms with Crippen molar-refractivity contribution in [1.82, 2.24) is 14.9 Å². The first-order valence-electron chi connectivity index (χ1n) is 9.46. The lowest BCUT2D eigenvalue weighted by Gasteiger charge is -2.38. The maximum absolute atomic E-state index is 13.0. The van der Waals surface area contributed by atoms with Crippen molar-refractivity contribution < 1.29 is 4.79 Å². The number of hydrogen-bond donors (Lipinski definition) is 0. The quantitative estimate of drug-likeness (QED) is 0.849. The van der Waals surface area contributed by atoms with E-state index in [1.807, 2.05) is 17.0 Å². The summed E-state index contributed by atoms with van der Waals surface area (Å²) in [6.45, 7) is 0.802. The fourth-order valence-electron chi connectivity index (χ4n) is 3.99. The lowest BCUT2D eigenvalue weighted by Crippen LogP contribution is -2.47. The minimum absolute atomic E-state index is 0.184. The molecule has 2 aliphatic rings. The van der Waals surface area contributed by atoms with E-state index in [1.54, 1.807) is 12.5 Å². The van der Waals surface area contributed by atoms with Gasteiger partial charge < -0.3 is 4.90 Å². The molecule has 0 bridgehead atoms. The van der Waals surface area contributed by atoms with Gasteiger partial charge in [0.25, 0.3) is 0 Å². The number of aromatic nitrogens is 2. The Balaban J connectivity index is 1.71. The number of carbonyl (C=O) groups excluding carboxylic acids is 1. The molecule has 4 rings (SSSR count). The molecule has 0 spiro atoms. The number of hydrogen-bond acceptors (Lipinski definition) is 4. The Kier molecular flexibility index (Phi) is 4.78. The van der Waals surface area contributed by atoms with Gasteiger partial charge in [0.05, 0.1) is 12.1 Å². The summed E-state index contributed by atoms with van der Waals surface area (Å²) in [6.07, 6.45) is 9.54. The third-order valence-electron chi connectivity index (χ3n) is 5.41.